The summed E-state index contributed by atoms with van der Waals surface area (Å²) in [7, 11) is 1.85. The lowest BCUT2D eigenvalue weighted by molar-refractivity contribution is -0.0279. The lowest BCUT2D eigenvalue weighted by atomic mass is 9.87. The monoisotopic (exact) mass is 377 g/mol. The second kappa shape index (κ2) is 9.55. The Morgan fingerprint density at radius 2 is 1.96 bits per heavy atom. The van der Waals surface area contributed by atoms with Crippen molar-refractivity contribution in [2.75, 3.05) is 39.9 Å². The number of ether oxygens (including phenoxy) is 1. The van der Waals surface area contributed by atoms with Crippen LogP contribution in [0.25, 0.3) is 0 Å². The minimum atomic E-state index is -0.0162. The Morgan fingerprint density at radius 3 is 2.63 bits per heavy atom. The van der Waals surface area contributed by atoms with Gasteiger partial charge in [-0.05, 0) is 19.8 Å². The fourth-order valence-corrected chi connectivity index (χ4v) is 4.47. The van der Waals surface area contributed by atoms with Crippen molar-refractivity contribution in [1.29, 1.82) is 0 Å². The van der Waals surface area contributed by atoms with Crippen LogP contribution in [0, 0.1) is 0 Å². The minimum absolute atomic E-state index is 0.0162. The molecule has 0 unspecified atom stereocenters. The number of nitrogens with zero attached hydrogens (tertiary/aromatic N) is 4. The van der Waals surface area contributed by atoms with E-state index in [4.69, 9.17) is 4.74 Å². The number of hydrogen-bond acceptors (Lipinski definition) is 4. The van der Waals surface area contributed by atoms with Gasteiger partial charge in [0.25, 0.3) is 0 Å². The summed E-state index contributed by atoms with van der Waals surface area (Å²) < 4.78 is 7.64. The first kappa shape index (κ1) is 20.1. The van der Waals surface area contributed by atoms with Gasteiger partial charge < -0.3 is 19.5 Å². The van der Waals surface area contributed by atoms with Crippen LogP contribution in [-0.2, 0) is 17.8 Å². The number of imidazole rings is 1. The van der Waals surface area contributed by atoms with Crippen LogP contribution in [0.5, 0.6) is 0 Å². The van der Waals surface area contributed by atoms with E-state index in [0.29, 0.717) is 6.54 Å². The topological polar surface area (TPSA) is 62.6 Å². The van der Waals surface area contributed by atoms with Gasteiger partial charge >= 0.3 is 6.03 Å². The fourth-order valence-electron chi connectivity index (χ4n) is 4.47. The predicted molar refractivity (Wildman–Crippen MR) is 106 cm³/mol. The molecule has 1 aromatic heterocycles. The van der Waals surface area contributed by atoms with Crippen molar-refractivity contribution in [3.05, 3.63) is 18.2 Å². The van der Waals surface area contributed by atoms with E-state index in [9.17, 15) is 4.79 Å². The molecule has 2 fully saturated rings. The zero-order valence-corrected chi connectivity index (χ0v) is 17.0. The Bertz CT molecular complexity index is 589. The largest absolute Gasteiger partial charge is 0.379 e. The van der Waals surface area contributed by atoms with Crippen molar-refractivity contribution in [1.82, 2.24) is 24.7 Å². The molecule has 1 saturated heterocycles. The van der Waals surface area contributed by atoms with Crippen LogP contribution in [0.1, 0.15) is 51.3 Å². The van der Waals surface area contributed by atoms with Gasteiger partial charge in [0, 0.05) is 51.2 Å². The third-order valence-corrected chi connectivity index (χ3v) is 6.15. The predicted octanol–water partition coefficient (Wildman–Crippen LogP) is 2.47. The molecule has 0 bridgehead atoms. The van der Waals surface area contributed by atoms with E-state index in [1.807, 2.05) is 13.2 Å². The number of nitrogens with one attached hydrogen (secondary N) is 1. The van der Waals surface area contributed by atoms with Gasteiger partial charge in [-0.1, -0.05) is 25.7 Å². The molecular weight excluding hydrogens is 342 g/mol. The second-order valence-corrected chi connectivity index (χ2v) is 7.88. The maximum atomic E-state index is 12.8. The van der Waals surface area contributed by atoms with Crippen molar-refractivity contribution < 1.29 is 9.53 Å². The summed E-state index contributed by atoms with van der Waals surface area (Å²) in [5.41, 5.74) is 0.0820. The van der Waals surface area contributed by atoms with Crippen LogP contribution in [0.15, 0.2) is 12.4 Å². The zero-order valence-electron chi connectivity index (χ0n) is 17.0. The van der Waals surface area contributed by atoms with Crippen LogP contribution >= 0.6 is 0 Å². The first-order valence-electron chi connectivity index (χ1n) is 10.5. The molecule has 7 heteroatoms. The Balaban J connectivity index is 1.60. The van der Waals surface area contributed by atoms with Gasteiger partial charge in [-0.15, -0.1) is 0 Å². The molecule has 0 radical (unpaired) electrons. The van der Waals surface area contributed by atoms with E-state index in [1.165, 1.54) is 25.7 Å². The van der Waals surface area contributed by atoms with Crippen molar-refractivity contribution in [3.63, 3.8) is 0 Å². The zero-order chi connectivity index (χ0) is 19.1. The van der Waals surface area contributed by atoms with E-state index in [-0.39, 0.29) is 11.6 Å². The maximum absolute atomic E-state index is 12.8. The van der Waals surface area contributed by atoms with Gasteiger partial charge in [-0.2, -0.15) is 0 Å². The quantitative estimate of drug-likeness (QED) is 0.774. The molecule has 1 aromatic rings. The highest BCUT2D eigenvalue weighted by molar-refractivity contribution is 5.73. The van der Waals surface area contributed by atoms with E-state index in [1.54, 1.807) is 11.1 Å². The minimum Gasteiger partial charge on any atom is -0.379 e. The summed E-state index contributed by atoms with van der Waals surface area (Å²) in [4.78, 5) is 21.4. The number of morpholine rings is 1. The van der Waals surface area contributed by atoms with E-state index >= 15 is 0 Å². The van der Waals surface area contributed by atoms with Crippen molar-refractivity contribution in [3.8, 4) is 0 Å². The second-order valence-electron chi connectivity index (χ2n) is 7.88. The number of hydrogen-bond donors (Lipinski definition) is 1. The number of aryl methyl sites for hydroxylation is 1. The van der Waals surface area contributed by atoms with E-state index in [2.05, 4.69) is 26.7 Å². The molecule has 152 valence electrons. The number of amides is 2. The molecule has 2 aliphatic rings. The summed E-state index contributed by atoms with van der Waals surface area (Å²) in [6, 6.07) is -0.0162. The summed E-state index contributed by atoms with van der Waals surface area (Å²) in [5.74, 6) is 0.924. The lowest BCUT2D eigenvalue weighted by Crippen LogP contribution is -2.59. The molecule has 1 aliphatic carbocycles. The highest BCUT2D eigenvalue weighted by Gasteiger charge is 2.38. The Morgan fingerprint density at radius 1 is 1.26 bits per heavy atom. The van der Waals surface area contributed by atoms with E-state index < -0.39 is 0 Å². The number of carbonyl (C=O) groups is 1. The van der Waals surface area contributed by atoms with E-state index in [0.717, 1.165) is 58.1 Å². The molecule has 2 amide bonds. The van der Waals surface area contributed by atoms with Gasteiger partial charge in [-0.3, -0.25) is 4.90 Å². The molecular formula is C20H35N5O2. The third-order valence-electron chi connectivity index (χ3n) is 6.15. The van der Waals surface area contributed by atoms with Gasteiger partial charge in [-0.25, -0.2) is 9.78 Å². The van der Waals surface area contributed by atoms with Crippen LogP contribution in [0.4, 0.5) is 4.79 Å². The summed E-state index contributed by atoms with van der Waals surface area (Å²) in [5, 5.41) is 3.24. The van der Waals surface area contributed by atoms with Gasteiger partial charge in [0.2, 0.25) is 0 Å². The third kappa shape index (κ3) is 5.02. The normalized spacial score (nSPS) is 20.8. The van der Waals surface area contributed by atoms with Crippen molar-refractivity contribution in [2.24, 2.45) is 0 Å². The number of aromatic nitrogens is 2. The smallest absolute Gasteiger partial charge is 0.317 e. The molecule has 0 aromatic carbocycles. The van der Waals surface area contributed by atoms with Crippen LogP contribution in [0.3, 0.4) is 0 Å². The van der Waals surface area contributed by atoms with Crippen molar-refractivity contribution >= 4 is 6.03 Å². The summed E-state index contributed by atoms with van der Waals surface area (Å²) in [6.07, 6.45) is 11.2. The summed E-state index contributed by atoms with van der Waals surface area (Å²) >= 11 is 0. The van der Waals surface area contributed by atoms with Gasteiger partial charge in [0.15, 0.2) is 0 Å². The maximum Gasteiger partial charge on any atom is 0.317 e. The fraction of sp³-hybridized carbons (Fsp3) is 0.800. The molecule has 7 nitrogen and oxygen atoms in total. The molecule has 3 rings (SSSR count). The molecule has 0 spiro atoms. The molecule has 1 aliphatic heterocycles. The number of urea groups is 1. The molecule has 1 N–H and O–H groups in total. The highest BCUT2D eigenvalue weighted by atomic mass is 16.5. The average molecular weight is 378 g/mol. The Labute approximate surface area is 163 Å². The lowest BCUT2D eigenvalue weighted by Gasteiger charge is -2.46. The highest BCUT2D eigenvalue weighted by Crippen LogP contribution is 2.32. The van der Waals surface area contributed by atoms with Crippen LogP contribution in [-0.4, -0.2) is 70.8 Å². The van der Waals surface area contributed by atoms with Crippen molar-refractivity contribution in [2.45, 2.75) is 64.1 Å². The van der Waals surface area contributed by atoms with Crippen LogP contribution < -0.4 is 5.32 Å². The average Bonchev–Trinajstić information content (AvgIpc) is 3.01. The molecule has 1 saturated carbocycles. The van der Waals surface area contributed by atoms with Crippen LogP contribution in [0.2, 0.25) is 0 Å². The SMILES string of the molecule is CCn1ccnc1CN(C)C(=O)NCC1(N2CCOCC2)CCCCCC1. The first-order valence-corrected chi connectivity index (χ1v) is 10.5. The standard InChI is InChI=1S/C20H35N5O2/c1-3-24-11-10-21-18(24)16-23(2)19(26)22-17-20(8-6-4-5-7-9-20)25-12-14-27-15-13-25/h10-11H,3-9,12-17H2,1-2H3,(H,22,26). The number of rotatable bonds is 6. The Hall–Kier alpha value is -1.60. The molecule has 2 heterocycles. The summed E-state index contributed by atoms with van der Waals surface area (Å²) in [6.45, 7) is 7.74. The first-order chi connectivity index (χ1) is 13.1. The van der Waals surface area contributed by atoms with Gasteiger partial charge in [0.1, 0.15) is 5.82 Å². The molecule has 0 atom stereocenters. The Kier molecular flexibility index (Phi) is 7.13. The van der Waals surface area contributed by atoms with Gasteiger partial charge in [0.05, 0.1) is 19.8 Å². The molecule has 27 heavy (non-hydrogen) atoms. The number of carbonyl (C=O) groups excluding carboxylic acids is 1.